The molecule has 19 heavy (non-hydrogen) atoms. The SMILES string of the molecule is C[N-][C@@H](c1ccccc1)[C@@H](C)CN1CCCC1(C)C. The van der Waals surface area contributed by atoms with Crippen molar-refractivity contribution < 1.29 is 0 Å². The Labute approximate surface area is 118 Å². The topological polar surface area (TPSA) is 17.3 Å². The molecule has 0 amide bonds. The summed E-state index contributed by atoms with van der Waals surface area (Å²) in [7, 11) is 1.95. The second kappa shape index (κ2) is 6.06. The number of likely N-dealkylation sites (tertiary alicyclic amines) is 1. The van der Waals surface area contributed by atoms with Crippen molar-refractivity contribution in [3.63, 3.8) is 0 Å². The summed E-state index contributed by atoms with van der Waals surface area (Å²) >= 11 is 0. The van der Waals surface area contributed by atoms with E-state index in [4.69, 9.17) is 0 Å². The molecular formula is C17H27N2-. The highest BCUT2D eigenvalue weighted by Gasteiger charge is 2.32. The van der Waals surface area contributed by atoms with Crippen LogP contribution in [0.1, 0.15) is 45.2 Å². The van der Waals surface area contributed by atoms with Crippen LogP contribution in [-0.4, -0.2) is 30.6 Å². The molecule has 0 aromatic heterocycles. The highest BCUT2D eigenvalue weighted by atomic mass is 15.2. The van der Waals surface area contributed by atoms with Gasteiger partial charge in [0, 0.05) is 12.1 Å². The highest BCUT2D eigenvalue weighted by molar-refractivity contribution is 5.23. The summed E-state index contributed by atoms with van der Waals surface area (Å²) in [6.45, 7) is 9.45. The fourth-order valence-corrected chi connectivity index (χ4v) is 3.33. The molecule has 1 aromatic carbocycles. The van der Waals surface area contributed by atoms with Crippen LogP contribution in [0.3, 0.4) is 0 Å². The molecule has 0 aliphatic carbocycles. The van der Waals surface area contributed by atoms with Crippen molar-refractivity contribution in [3.05, 3.63) is 41.2 Å². The van der Waals surface area contributed by atoms with Gasteiger partial charge in [-0.05, 0) is 39.2 Å². The van der Waals surface area contributed by atoms with Gasteiger partial charge in [-0.25, -0.2) is 0 Å². The summed E-state index contributed by atoms with van der Waals surface area (Å²) in [5.74, 6) is 0.560. The van der Waals surface area contributed by atoms with E-state index in [1.165, 1.54) is 24.9 Å². The van der Waals surface area contributed by atoms with Gasteiger partial charge < -0.3 is 5.32 Å². The molecule has 1 aliphatic heterocycles. The third kappa shape index (κ3) is 3.37. The van der Waals surface area contributed by atoms with Crippen LogP contribution in [0.4, 0.5) is 0 Å². The van der Waals surface area contributed by atoms with Gasteiger partial charge in [-0.2, -0.15) is 7.05 Å². The molecule has 0 unspecified atom stereocenters. The molecule has 0 saturated carbocycles. The van der Waals surface area contributed by atoms with Gasteiger partial charge in [-0.1, -0.05) is 42.8 Å². The lowest BCUT2D eigenvalue weighted by Crippen LogP contribution is -2.41. The lowest BCUT2D eigenvalue weighted by atomic mass is 9.92. The predicted octanol–water partition coefficient (Wildman–Crippen LogP) is 4.24. The molecule has 1 saturated heterocycles. The van der Waals surface area contributed by atoms with Crippen LogP contribution in [0.2, 0.25) is 0 Å². The molecule has 106 valence electrons. The van der Waals surface area contributed by atoms with Gasteiger partial charge in [0.1, 0.15) is 0 Å². The van der Waals surface area contributed by atoms with Crippen molar-refractivity contribution >= 4 is 0 Å². The summed E-state index contributed by atoms with van der Waals surface area (Å²) < 4.78 is 0. The van der Waals surface area contributed by atoms with Crippen LogP contribution >= 0.6 is 0 Å². The van der Waals surface area contributed by atoms with Gasteiger partial charge >= 0.3 is 0 Å². The number of rotatable bonds is 5. The molecule has 2 rings (SSSR count). The number of nitrogens with zero attached hydrogens (tertiary/aromatic N) is 2. The lowest BCUT2D eigenvalue weighted by molar-refractivity contribution is 0.147. The maximum atomic E-state index is 4.62. The Morgan fingerprint density at radius 1 is 1.26 bits per heavy atom. The zero-order chi connectivity index (χ0) is 13.9. The van der Waals surface area contributed by atoms with Gasteiger partial charge in [0.2, 0.25) is 0 Å². The van der Waals surface area contributed by atoms with Gasteiger partial charge in [0.25, 0.3) is 0 Å². The minimum absolute atomic E-state index is 0.317. The van der Waals surface area contributed by atoms with E-state index in [-0.39, 0.29) is 0 Å². The van der Waals surface area contributed by atoms with Crippen molar-refractivity contribution in [2.75, 3.05) is 20.1 Å². The second-order valence-electron chi connectivity index (χ2n) is 6.45. The molecule has 0 spiro atoms. The second-order valence-corrected chi connectivity index (χ2v) is 6.45. The van der Waals surface area contributed by atoms with E-state index in [1.54, 1.807) is 0 Å². The standard InChI is InChI=1S/C17H27N2/c1-14(13-19-12-8-11-17(19,2)3)16(18-4)15-9-6-5-7-10-15/h5-7,9-10,14,16H,8,11-13H2,1-4H3/q-1/t14-,16+/m0/s1. The van der Waals surface area contributed by atoms with E-state index in [2.05, 4.69) is 61.3 Å². The molecule has 1 fully saturated rings. The van der Waals surface area contributed by atoms with Crippen LogP contribution in [0, 0.1) is 5.92 Å². The van der Waals surface area contributed by atoms with Crippen molar-refractivity contribution in [1.82, 2.24) is 4.90 Å². The number of hydrogen-bond acceptors (Lipinski definition) is 1. The van der Waals surface area contributed by atoms with Crippen molar-refractivity contribution in [2.24, 2.45) is 5.92 Å². The fraction of sp³-hybridized carbons (Fsp3) is 0.647. The summed E-state index contributed by atoms with van der Waals surface area (Å²) in [5.41, 5.74) is 1.71. The fourth-order valence-electron chi connectivity index (χ4n) is 3.33. The van der Waals surface area contributed by atoms with Crippen LogP contribution in [0.5, 0.6) is 0 Å². The van der Waals surface area contributed by atoms with Crippen LogP contribution in [0.25, 0.3) is 5.32 Å². The summed E-state index contributed by atoms with van der Waals surface area (Å²) in [6, 6.07) is 11.0. The van der Waals surface area contributed by atoms with E-state index in [0.29, 0.717) is 17.5 Å². The third-order valence-corrected chi connectivity index (χ3v) is 4.54. The van der Waals surface area contributed by atoms with Crippen LogP contribution in [-0.2, 0) is 0 Å². The first-order valence-corrected chi connectivity index (χ1v) is 7.43. The predicted molar refractivity (Wildman–Crippen MR) is 82.5 cm³/mol. The van der Waals surface area contributed by atoms with E-state index in [1.807, 2.05) is 7.05 Å². The average Bonchev–Trinajstić information content (AvgIpc) is 2.71. The highest BCUT2D eigenvalue weighted by Crippen LogP contribution is 2.34. The Hall–Kier alpha value is -0.860. The lowest BCUT2D eigenvalue weighted by Gasteiger charge is -2.40. The molecule has 1 aromatic rings. The molecule has 0 radical (unpaired) electrons. The first-order chi connectivity index (χ1) is 9.04. The zero-order valence-electron chi connectivity index (χ0n) is 12.8. The third-order valence-electron chi connectivity index (χ3n) is 4.54. The number of benzene rings is 1. The monoisotopic (exact) mass is 259 g/mol. The van der Waals surface area contributed by atoms with Gasteiger partial charge in [0.15, 0.2) is 0 Å². The summed E-state index contributed by atoms with van der Waals surface area (Å²) in [5, 5.41) is 4.62. The van der Waals surface area contributed by atoms with Gasteiger partial charge in [-0.15, -0.1) is 6.04 Å². The van der Waals surface area contributed by atoms with E-state index >= 15 is 0 Å². The summed E-state index contributed by atoms with van der Waals surface area (Å²) in [6.07, 6.45) is 2.65. The van der Waals surface area contributed by atoms with Crippen molar-refractivity contribution in [2.45, 2.75) is 45.2 Å². The largest absolute Gasteiger partial charge is 0.658 e. The molecule has 2 atom stereocenters. The minimum Gasteiger partial charge on any atom is -0.658 e. The zero-order valence-corrected chi connectivity index (χ0v) is 12.8. The van der Waals surface area contributed by atoms with E-state index < -0.39 is 0 Å². The number of hydrogen-bond donors (Lipinski definition) is 0. The van der Waals surface area contributed by atoms with Crippen LogP contribution < -0.4 is 0 Å². The first-order valence-electron chi connectivity index (χ1n) is 7.43. The Bertz CT molecular complexity index is 386. The normalized spacial score (nSPS) is 22.3. The Balaban J connectivity index is 2.03. The Morgan fingerprint density at radius 2 is 1.95 bits per heavy atom. The first kappa shape index (κ1) is 14.5. The van der Waals surface area contributed by atoms with E-state index in [0.717, 1.165) is 6.54 Å². The maximum Gasteiger partial charge on any atom is 0.0153 e. The Morgan fingerprint density at radius 3 is 2.47 bits per heavy atom. The van der Waals surface area contributed by atoms with Crippen molar-refractivity contribution in [1.29, 1.82) is 0 Å². The van der Waals surface area contributed by atoms with Crippen LogP contribution in [0.15, 0.2) is 30.3 Å². The quantitative estimate of drug-likeness (QED) is 0.773. The molecule has 2 heteroatoms. The average molecular weight is 259 g/mol. The van der Waals surface area contributed by atoms with Gasteiger partial charge in [0.05, 0.1) is 0 Å². The molecule has 1 aliphatic rings. The minimum atomic E-state index is 0.317. The smallest absolute Gasteiger partial charge is 0.0153 e. The molecular weight excluding hydrogens is 232 g/mol. The molecule has 0 bridgehead atoms. The molecule has 2 nitrogen and oxygen atoms in total. The van der Waals surface area contributed by atoms with Gasteiger partial charge in [-0.3, -0.25) is 4.90 Å². The maximum absolute atomic E-state index is 4.62. The molecule has 1 heterocycles. The van der Waals surface area contributed by atoms with E-state index in [9.17, 15) is 0 Å². The molecule has 0 N–H and O–H groups in total. The van der Waals surface area contributed by atoms with Crippen molar-refractivity contribution in [3.8, 4) is 0 Å². The summed E-state index contributed by atoms with van der Waals surface area (Å²) in [4.78, 5) is 2.64. The Kier molecular flexibility index (Phi) is 4.64.